The number of likely N-dealkylation sites (N-methyl/N-ethyl adjacent to an activating group) is 1. The van der Waals surface area contributed by atoms with Crippen LogP contribution in [0.3, 0.4) is 0 Å². The van der Waals surface area contributed by atoms with Crippen molar-refractivity contribution >= 4 is 0 Å². The van der Waals surface area contributed by atoms with Gasteiger partial charge < -0.3 is 39.4 Å². The quantitative estimate of drug-likeness (QED) is 0.137. The van der Waals surface area contributed by atoms with E-state index >= 15 is 0 Å². The van der Waals surface area contributed by atoms with E-state index in [1.165, 1.54) is 30.5 Å². The summed E-state index contributed by atoms with van der Waals surface area (Å²) in [5, 5.41) is 41.9. The second kappa shape index (κ2) is 12.4. The molecule has 7 N–H and O–H groups in total. The van der Waals surface area contributed by atoms with E-state index < -0.39 is 85.6 Å². The Morgan fingerprint density at radius 2 is 1.53 bits per heavy atom. The van der Waals surface area contributed by atoms with E-state index in [1.54, 1.807) is 0 Å². The highest BCUT2D eigenvalue weighted by Gasteiger charge is 2.54. The third-order valence-corrected chi connectivity index (χ3v) is 7.08. The summed E-state index contributed by atoms with van der Waals surface area (Å²) in [4.78, 5) is 0. The molecule has 16 heteroatoms. The highest BCUT2D eigenvalue weighted by atomic mass is 19.2. The lowest BCUT2D eigenvalue weighted by molar-refractivity contribution is -0.328. The number of halogens is 4. The molecule has 3 aliphatic rings. The third-order valence-electron chi connectivity index (χ3n) is 7.08. The molecule has 12 nitrogen and oxygen atoms in total. The Morgan fingerprint density at radius 3 is 2.03 bits per heavy atom. The van der Waals surface area contributed by atoms with Gasteiger partial charge in [0, 0.05) is 7.05 Å². The maximum Gasteiger partial charge on any atom is 0.185 e. The summed E-state index contributed by atoms with van der Waals surface area (Å²) in [6.07, 6.45) is -11.0. The Hall–Kier alpha value is -0.760. The third kappa shape index (κ3) is 6.27. The van der Waals surface area contributed by atoms with Crippen LogP contribution in [-0.4, -0.2) is 118 Å². The van der Waals surface area contributed by atoms with E-state index in [9.17, 15) is 38.4 Å². The van der Waals surface area contributed by atoms with Crippen LogP contribution in [-0.2, 0) is 18.9 Å². The number of rotatable bonds is 9. The predicted octanol–water partition coefficient (Wildman–Crippen LogP) is -1.41. The highest BCUT2D eigenvalue weighted by molar-refractivity contribution is 5.02. The lowest BCUT2D eigenvalue weighted by Crippen LogP contribution is -2.68. The largest absolute Gasteiger partial charge is 0.391 e. The topological polar surface area (TPSA) is 157 Å². The van der Waals surface area contributed by atoms with Crippen LogP contribution in [0, 0.1) is 0 Å². The molecule has 2 aliphatic heterocycles. The first-order chi connectivity index (χ1) is 16.9. The number of aliphatic hydroxyl groups excluding tert-OH is 3. The van der Waals surface area contributed by atoms with Crippen molar-refractivity contribution < 1.29 is 57.3 Å². The molecule has 2 saturated heterocycles. The van der Waals surface area contributed by atoms with Gasteiger partial charge >= 0.3 is 0 Å². The molecule has 0 aromatic carbocycles. The van der Waals surface area contributed by atoms with Crippen LogP contribution in [0.1, 0.15) is 33.1 Å². The Bertz CT molecular complexity index is 702. The summed E-state index contributed by atoms with van der Waals surface area (Å²) >= 11 is 0. The standard InChI is InChI=1S/C20H36F4N4O8/c1-8(29)12-5-4-9(25-21)18(34-12)35-15-10(26-22)6-11(27-23)16(13(15)30)36-19-14(31)17(28(3)24)20(2,32)7-33-19/h8-19,25-27,29-32H,4-7H2,1-3H3. The molecule has 0 bridgehead atoms. The van der Waals surface area contributed by atoms with E-state index in [1.807, 2.05) is 0 Å². The van der Waals surface area contributed by atoms with Crippen LogP contribution in [0.4, 0.5) is 17.9 Å². The summed E-state index contributed by atoms with van der Waals surface area (Å²) in [5.74, 6) is 0. The van der Waals surface area contributed by atoms with Gasteiger partial charge in [-0.3, -0.25) is 0 Å². The van der Waals surface area contributed by atoms with E-state index in [-0.39, 0.29) is 18.0 Å². The maximum atomic E-state index is 14.0. The van der Waals surface area contributed by atoms with Gasteiger partial charge in [0.25, 0.3) is 0 Å². The van der Waals surface area contributed by atoms with Gasteiger partial charge in [-0.15, -0.1) is 23.0 Å². The van der Waals surface area contributed by atoms with E-state index in [4.69, 9.17) is 18.9 Å². The first-order valence-electron chi connectivity index (χ1n) is 11.8. The van der Waals surface area contributed by atoms with Gasteiger partial charge in [0.1, 0.15) is 36.1 Å². The van der Waals surface area contributed by atoms with Gasteiger partial charge in [0.15, 0.2) is 12.6 Å². The normalized spacial score (nSPS) is 47.2. The van der Waals surface area contributed by atoms with Gasteiger partial charge in [-0.2, -0.15) is 16.6 Å². The van der Waals surface area contributed by atoms with Crippen LogP contribution >= 0.6 is 0 Å². The van der Waals surface area contributed by atoms with Crippen LogP contribution < -0.4 is 16.6 Å². The van der Waals surface area contributed by atoms with Crippen molar-refractivity contribution in [3.63, 3.8) is 0 Å². The van der Waals surface area contributed by atoms with Crippen LogP contribution in [0.2, 0.25) is 0 Å². The van der Waals surface area contributed by atoms with Crippen molar-refractivity contribution in [3.05, 3.63) is 0 Å². The molecule has 3 fully saturated rings. The molecule has 13 unspecified atom stereocenters. The minimum atomic E-state index is -1.80. The lowest BCUT2D eigenvalue weighted by atomic mass is 9.84. The maximum absolute atomic E-state index is 14.0. The second-order valence-corrected chi connectivity index (χ2v) is 9.93. The number of hydrogen-bond acceptors (Lipinski definition) is 12. The molecular formula is C20H36F4N4O8. The van der Waals surface area contributed by atoms with Crippen LogP contribution in [0.5, 0.6) is 0 Å². The average molecular weight is 537 g/mol. The van der Waals surface area contributed by atoms with Crippen LogP contribution in [0.15, 0.2) is 0 Å². The Labute approximate surface area is 205 Å². The fourth-order valence-corrected chi connectivity index (χ4v) is 5.15. The minimum absolute atomic E-state index is 0.0871. The zero-order chi connectivity index (χ0) is 26.8. The number of nitrogens with one attached hydrogen (secondary N) is 3. The van der Waals surface area contributed by atoms with Gasteiger partial charge in [0.2, 0.25) is 0 Å². The zero-order valence-electron chi connectivity index (χ0n) is 20.1. The van der Waals surface area contributed by atoms with Crippen molar-refractivity contribution in [1.82, 2.24) is 21.7 Å². The van der Waals surface area contributed by atoms with Crippen molar-refractivity contribution in [3.8, 4) is 0 Å². The Kier molecular flexibility index (Phi) is 10.3. The van der Waals surface area contributed by atoms with Crippen LogP contribution in [0.25, 0.3) is 0 Å². The van der Waals surface area contributed by atoms with Crippen molar-refractivity contribution in [2.24, 2.45) is 0 Å². The fourth-order valence-electron chi connectivity index (χ4n) is 5.15. The molecule has 2 heterocycles. The molecule has 212 valence electrons. The van der Waals surface area contributed by atoms with E-state index in [0.717, 1.165) is 7.05 Å². The average Bonchev–Trinajstić information content (AvgIpc) is 2.82. The number of nitrogens with zero attached hydrogens (tertiary/aromatic N) is 1. The first-order valence-corrected chi connectivity index (χ1v) is 11.8. The number of aliphatic hydroxyl groups is 4. The minimum Gasteiger partial charge on any atom is -0.391 e. The summed E-state index contributed by atoms with van der Waals surface area (Å²) < 4.78 is 77.1. The molecule has 0 amide bonds. The van der Waals surface area contributed by atoms with Gasteiger partial charge in [0.05, 0.1) is 36.9 Å². The first kappa shape index (κ1) is 29.8. The molecule has 0 aromatic heterocycles. The predicted molar refractivity (Wildman–Crippen MR) is 113 cm³/mol. The number of hydrogen-bond donors (Lipinski definition) is 7. The summed E-state index contributed by atoms with van der Waals surface area (Å²) in [5.41, 5.74) is 2.58. The molecule has 13 atom stereocenters. The smallest absolute Gasteiger partial charge is 0.185 e. The molecule has 0 spiro atoms. The van der Waals surface area contributed by atoms with Gasteiger partial charge in [-0.05, 0) is 33.1 Å². The molecule has 1 saturated carbocycles. The molecular weight excluding hydrogens is 500 g/mol. The van der Waals surface area contributed by atoms with Crippen molar-refractivity contribution in [2.45, 2.75) is 112 Å². The number of ether oxygens (including phenoxy) is 4. The molecule has 3 rings (SSSR count). The Balaban J connectivity index is 1.79. The molecule has 0 radical (unpaired) electrons. The van der Waals surface area contributed by atoms with Gasteiger partial charge in [-0.25, -0.2) is 0 Å². The summed E-state index contributed by atoms with van der Waals surface area (Å²) in [7, 11) is 0.980. The fraction of sp³-hybridized carbons (Fsp3) is 1.00. The molecule has 0 aromatic rings. The lowest BCUT2D eigenvalue weighted by Gasteiger charge is -2.49. The molecule has 1 aliphatic carbocycles. The summed E-state index contributed by atoms with van der Waals surface area (Å²) in [6.45, 7) is 2.26. The summed E-state index contributed by atoms with van der Waals surface area (Å²) in [6, 6.07) is -5.12. The van der Waals surface area contributed by atoms with Gasteiger partial charge in [-0.1, -0.05) is 0 Å². The molecule has 36 heavy (non-hydrogen) atoms. The van der Waals surface area contributed by atoms with Crippen molar-refractivity contribution in [2.75, 3.05) is 13.7 Å². The zero-order valence-corrected chi connectivity index (χ0v) is 20.1. The Morgan fingerprint density at radius 1 is 0.972 bits per heavy atom. The van der Waals surface area contributed by atoms with Crippen molar-refractivity contribution in [1.29, 1.82) is 0 Å². The van der Waals surface area contributed by atoms with E-state index in [0.29, 0.717) is 6.42 Å². The highest BCUT2D eigenvalue weighted by Crippen LogP contribution is 2.34. The monoisotopic (exact) mass is 536 g/mol. The van der Waals surface area contributed by atoms with E-state index in [2.05, 4.69) is 0 Å². The second-order valence-electron chi connectivity index (χ2n) is 9.93. The SMILES string of the molecule is CC(O)C1CCC(NF)C(OC2C(NF)CC(NF)C(OC3OCC(C)(O)C(N(C)F)C3O)C2O)O1.